The number of likely N-dealkylation sites (tertiary alicyclic amines) is 1. The molecule has 2 saturated heterocycles. The van der Waals surface area contributed by atoms with Crippen LogP contribution in [0.5, 0.6) is 0 Å². The third-order valence-corrected chi connectivity index (χ3v) is 8.48. The Morgan fingerprint density at radius 2 is 1.67 bits per heavy atom. The van der Waals surface area contributed by atoms with Gasteiger partial charge in [-0.15, -0.1) is 0 Å². The fourth-order valence-corrected chi connectivity index (χ4v) is 6.03. The van der Waals surface area contributed by atoms with E-state index in [2.05, 4.69) is 34.3 Å². The molecule has 11 nitrogen and oxygen atoms in total. The summed E-state index contributed by atoms with van der Waals surface area (Å²) < 4.78 is 1.46. The van der Waals surface area contributed by atoms with Crippen molar-refractivity contribution in [1.29, 1.82) is 0 Å². The lowest BCUT2D eigenvalue weighted by Crippen LogP contribution is -2.58. The number of fused-ring (bicyclic) bond motifs is 1. The molecule has 1 aromatic heterocycles. The highest BCUT2D eigenvalue weighted by Gasteiger charge is 2.55. The minimum atomic E-state index is -0.945. The quantitative estimate of drug-likeness (QED) is 0.473. The van der Waals surface area contributed by atoms with Gasteiger partial charge in [0.2, 0.25) is 5.91 Å². The second kappa shape index (κ2) is 10.7. The molecule has 3 amide bonds. The van der Waals surface area contributed by atoms with E-state index in [1.807, 2.05) is 12.1 Å². The molecule has 2 aromatic rings. The van der Waals surface area contributed by atoms with Crippen LogP contribution < -0.4 is 22.5 Å². The lowest BCUT2D eigenvalue weighted by atomic mass is 10.0. The number of anilines is 1. The summed E-state index contributed by atoms with van der Waals surface area (Å²) in [6, 6.07) is 9.70. The van der Waals surface area contributed by atoms with Crippen molar-refractivity contribution in [2.45, 2.75) is 38.8 Å². The average molecular weight is 537 g/mol. The van der Waals surface area contributed by atoms with Gasteiger partial charge in [0.25, 0.3) is 0 Å². The number of nitrogens with zero attached hydrogens (tertiary/aromatic N) is 5. The van der Waals surface area contributed by atoms with Crippen molar-refractivity contribution in [2.24, 2.45) is 29.2 Å². The van der Waals surface area contributed by atoms with Crippen molar-refractivity contribution in [3.8, 4) is 5.69 Å². The molecule has 3 fully saturated rings. The fourth-order valence-electron chi connectivity index (χ4n) is 6.03. The average Bonchev–Trinajstić information content (AvgIpc) is 3.38. The van der Waals surface area contributed by atoms with Crippen molar-refractivity contribution < 1.29 is 9.59 Å². The van der Waals surface area contributed by atoms with Gasteiger partial charge >= 0.3 is 11.7 Å². The summed E-state index contributed by atoms with van der Waals surface area (Å²) in [5.74, 6) is 2.36. The number of benzene rings is 1. The SMILES string of the molecule is C[C@@H](Cc1ccc(-n2ccc(NC(=O)N3CCN(C(=O)C(C)(C)N)CC3)nc2=O)cc1)N1C[C@@H]2C(CN)[C@@H]2C1. The molecule has 0 spiro atoms. The highest BCUT2D eigenvalue weighted by atomic mass is 16.2. The first-order valence-corrected chi connectivity index (χ1v) is 13.8. The predicted molar refractivity (Wildman–Crippen MR) is 150 cm³/mol. The minimum Gasteiger partial charge on any atom is -0.338 e. The molecule has 1 saturated carbocycles. The van der Waals surface area contributed by atoms with E-state index in [-0.39, 0.29) is 17.8 Å². The van der Waals surface area contributed by atoms with Gasteiger partial charge in [-0.2, -0.15) is 4.98 Å². The zero-order chi connectivity index (χ0) is 27.9. The first-order chi connectivity index (χ1) is 18.5. The van der Waals surface area contributed by atoms with E-state index in [1.54, 1.807) is 35.9 Å². The topological polar surface area (TPSA) is 143 Å². The van der Waals surface area contributed by atoms with Gasteiger partial charge in [0, 0.05) is 51.5 Å². The zero-order valence-corrected chi connectivity index (χ0v) is 23.0. The van der Waals surface area contributed by atoms with Crippen LogP contribution in [0, 0.1) is 17.8 Å². The van der Waals surface area contributed by atoms with Crippen molar-refractivity contribution >= 4 is 17.8 Å². The summed E-state index contributed by atoms with van der Waals surface area (Å²) in [5.41, 5.74) is 12.3. The first-order valence-electron chi connectivity index (χ1n) is 13.8. The highest BCUT2D eigenvalue weighted by Crippen LogP contribution is 2.51. The van der Waals surface area contributed by atoms with Crippen molar-refractivity contribution in [2.75, 3.05) is 51.1 Å². The Morgan fingerprint density at radius 3 is 2.23 bits per heavy atom. The van der Waals surface area contributed by atoms with Crippen LogP contribution in [0.3, 0.4) is 0 Å². The monoisotopic (exact) mass is 536 g/mol. The van der Waals surface area contributed by atoms with E-state index in [0.717, 1.165) is 49.5 Å². The molecule has 210 valence electrons. The molecule has 5 N–H and O–H groups in total. The Bertz CT molecular complexity index is 1250. The lowest BCUT2D eigenvalue weighted by molar-refractivity contribution is -0.137. The number of amides is 3. The van der Waals surface area contributed by atoms with Crippen LogP contribution in [0.15, 0.2) is 41.3 Å². The Labute approximate surface area is 229 Å². The van der Waals surface area contributed by atoms with Crippen LogP contribution in [0.1, 0.15) is 26.3 Å². The van der Waals surface area contributed by atoms with Crippen LogP contribution in [0.2, 0.25) is 0 Å². The standard InChI is InChI=1S/C28H40N8O3/c1-18(35-16-22-21(15-29)23(22)17-35)14-19-4-6-20(7-5-19)36-9-8-24(32-27(36)39)31-26(38)34-12-10-33(11-13-34)25(37)28(2,3)30/h4-9,18,21-23H,10-17,29-30H2,1-3H3,(H,31,32,38,39)/t18-,21?,22-,23+/m0/s1. The second-order valence-corrected chi connectivity index (χ2v) is 11.8. The van der Waals surface area contributed by atoms with Gasteiger partial charge in [0.15, 0.2) is 0 Å². The molecule has 3 aliphatic rings. The maximum Gasteiger partial charge on any atom is 0.354 e. The van der Waals surface area contributed by atoms with Crippen molar-refractivity contribution in [3.05, 3.63) is 52.6 Å². The molecule has 1 aliphatic carbocycles. The molecule has 1 unspecified atom stereocenters. The number of rotatable bonds is 7. The maximum absolute atomic E-state index is 12.7. The van der Waals surface area contributed by atoms with Gasteiger partial charge in [-0.3, -0.25) is 19.6 Å². The second-order valence-electron chi connectivity index (χ2n) is 11.8. The first kappa shape index (κ1) is 27.3. The molecule has 4 atom stereocenters. The molecule has 0 bridgehead atoms. The predicted octanol–water partition coefficient (Wildman–Crippen LogP) is 0.713. The largest absolute Gasteiger partial charge is 0.354 e. The highest BCUT2D eigenvalue weighted by molar-refractivity contribution is 5.89. The van der Waals surface area contributed by atoms with Crippen LogP contribution in [-0.4, -0.2) is 93.6 Å². The van der Waals surface area contributed by atoms with E-state index >= 15 is 0 Å². The Kier molecular flexibility index (Phi) is 7.49. The van der Waals surface area contributed by atoms with Gasteiger partial charge in [-0.1, -0.05) is 12.1 Å². The van der Waals surface area contributed by atoms with Crippen molar-refractivity contribution in [1.82, 2.24) is 24.3 Å². The molecular formula is C28H40N8O3. The number of hydrogen-bond donors (Lipinski definition) is 3. The van der Waals surface area contributed by atoms with E-state index in [0.29, 0.717) is 32.2 Å². The summed E-state index contributed by atoms with van der Waals surface area (Å²) in [6.07, 6.45) is 2.57. The molecule has 3 heterocycles. The number of carbonyl (C=O) groups is 2. The Morgan fingerprint density at radius 1 is 1.05 bits per heavy atom. The van der Waals surface area contributed by atoms with Gasteiger partial charge in [-0.25, -0.2) is 9.59 Å². The number of hydrogen-bond acceptors (Lipinski definition) is 7. The molecule has 5 rings (SSSR count). The van der Waals surface area contributed by atoms with Crippen LogP contribution in [0.25, 0.3) is 5.69 Å². The summed E-state index contributed by atoms with van der Waals surface area (Å²) in [5, 5.41) is 2.70. The van der Waals surface area contributed by atoms with Crippen LogP contribution in [0.4, 0.5) is 10.6 Å². The van der Waals surface area contributed by atoms with E-state index in [1.165, 1.54) is 10.1 Å². The smallest absolute Gasteiger partial charge is 0.338 e. The van der Waals surface area contributed by atoms with Crippen LogP contribution >= 0.6 is 0 Å². The zero-order valence-electron chi connectivity index (χ0n) is 23.0. The summed E-state index contributed by atoms with van der Waals surface area (Å²) in [4.78, 5) is 47.7. The fraction of sp³-hybridized carbons (Fsp3) is 0.571. The molecule has 2 aliphatic heterocycles. The molecule has 39 heavy (non-hydrogen) atoms. The summed E-state index contributed by atoms with van der Waals surface area (Å²) >= 11 is 0. The van der Waals surface area contributed by atoms with Crippen molar-refractivity contribution in [3.63, 3.8) is 0 Å². The van der Waals surface area contributed by atoms with Gasteiger partial charge in [0.05, 0.1) is 11.2 Å². The summed E-state index contributed by atoms with van der Waals surface area (Å²) in [7, 11) is 0. The van der Waals surface area contributed by atoms with Gasteiger partial charge in [0.1, 0.15) is 5.82 Å². The van der Waals surface area contributed by atoms with E-state index in [4.69, 9.17) is 11.5 Å². The number of carbonyl (C=O) groups excluding carboxylic acids is 2. The molecule has 1 aromatic carbocycles. The normalized spacial score (nSPS) is 23.9. The van der Waals surface area contributed by atoms with E-state index in [9.17, 15) is 14.4 Å². The molecular weight excluding hydrogens is 496 g/mol. The number of urea groups is 1. The number of nitrogens with two attached hydrogens (primary N) is 2. The maximum atomic E-state index is 12.7. The van der Waals surface area contributed by atoms with Crippen LogP contribution in [-0.2, 0) is 11.2 Å². The van der Waals surface area contributed by atoms with Gasteiger partial charge in [-0.05, 0) is 75.3 Å². The number of aromatic nitrogens is 2. The Balaban J connectivity index is 1.13. The lowest BCUT2D eigenvalue weighted by Gasteiger charge is -2.37. The molecule has 0 radical (unpaired) electrons. The number of piperazine rings is 1. The Hall–Kier alpha value is -3.28. The third kappa shape index (κ3) is 5.85. The van der Waals surface area contributed by atoms with Gasteiger partial charge < -0.3 is 21.3 Å². The number of piperidine rings is 1. The summed E-state index contributed by atoms with van der Waals surface area (Å²) in [6.45, 7) is 10.3. The van der Waals surface area contributed by atoms with E-state index < -0.39 is 11.2 Å². The third-order valence-electron chi connectivity index (χ3n) is 8.48. The number of nitrogens with one attached hydrogen (secondary N) is 1. The minimum absolute atomic E-state index is 0.140. The molecule has 11 heteroatoms.